The molecule has 1 aliphatic heterocycles. The highest BCUT2D eigenvalue weighted by molar-refractivity contribution is 7.09. The number of hydrogen-bond donors (Lipinski definition) is 0. The lowest BCUT2D eigenvalue weighted by Gasteiger charge is -2.33. The number of aryl methyl sites for hydroxylation is 1. The number of nitrogens with zero attached hydrogens (tertiary/aromatic N) is 3. The van der Waals surface area contributed by atoms with E-state index < -0.39 is 0 Å². The third kappa shape index (κ3) is 2.90. The van der Waals surface area contributed by atoms with Gasteiger partial charge in [-0.15, -0.1) is 11.3 Å². The molecule has 1 saturated heterocycles. The number of piperidine rings is 1. The van der Waals surface area contributed by atoms with Crippen LogP contribution in [-0.2, 0) is 0 Å². The molecule has 0 aromatic carbocycles. The molecule has 2 aromatic rings. The van der Waals surface area contributed by atoms with Gasteiger partial charge in [-0.3, -0.25) is 0 Å². The molecular weight excluding hydrogens is 278 g/mol. The summed E-state index contributed by atoms with van der Waals surface area (Å²) >= 11 is 7.75. The zero-order valence-electron chi connectivity index (χ0n) is 10.8. The third-order valence-electron chi connectivity index (χ3n) is 3.48. The van der Waals surface area contributed by atoms with Gasteiger partial charge in [0.25, 0.3) is 0 Å². The van der Waals surface area contributed by atoms with Gasteiger partial charge in [0.05, 0.1) is 5.01 Å². The van der Waals surface area contributed by atoms with Crippen LogP contribution < -0.4 is 4.90 Å². The van der Waals surface area contributed by atoms with Crippen molar-refractivity contribution in [3.8, 4) is 0 Å². The highest BCUT2D eigenvalue weighted by Crippen LogP contribution is 2.31. The van der Waals surface area contributed by atoms with E-state index in [9.17, 15) is 0 Å². The van der Waals surface area contributed by atoms with Crippen LogP contribution in [0.1, 0.15) is 29.5 Å². The van der Waals surface area contributed by atoms with Crippen molar-refractivity contribution in [2.45, 2.75) is 25.7 Å². The van der Waals surface area contributed by atoms with E-state index in [1.54, 1.807) is 17.5 Å². The van der Waals surface area contributed by atoms with E-state index in [-0.39, 0.29) is 0 Å². The van der Waals surface area contributed by atoms with E-state index in [1.807, 2.05) is 12.1 Å². The Balaban J connectivity index is 1.78. The summed E-state index contributed by atoms with van der Waals surface area (Å²) in [7, 11) is 0. The average molecular weight is 294 g/mol. The number of rotatable bonds is 2. The first-order valence-corrected chi connectivity index (χ1v) is 7.76. The summed E-state index contributed by atoms with van der Waals surface area (Å²) in [6.45, 7) is 4.16. The SMILES string of the molecule is Cc1csc(C2CCCN(c3ccnc(Cl)c3)C2)n1. The maximum Gasteiger partial charge on any atom is 0.131 e. The van der Waals surface area contributed by atoms with Crippen molar-refractivity contribution in [2.75, 3.05) is 18.0 Å². The van der Waals surface area contributed by atoms with E-state index in [2.05, 4.69) is 27.2 Å². The molecule has 0 amide bonds. The molecular formula is C14H16ClN3S. The Kier molecular flexibility index (Phi) is 3.71. The van der Waals surface area contributed by atoms with Crippen LogP contribution in [0.15, 0.2) is 23.7 Å². The van der Waals surface area contributed by atoms with E-state index in [0.29, 0.717) is 11.1 Å². The van der Waals surface area contributed by atoms with Crippen molar-refractivity contribution in [1.82, 2.24) is 9.97 Å². The highest BCUT2D eigenvalue weighted by atomic mass is 35.5. The molecule has 0 spiro atoms. The minimum absolute atomic E-state index is 0.541. The second-order valence-corrected chi connectivity index (χ2v) is 6.23. The molecule has 3 nitrogen and oxygen atoms in total. The van der Waals surface area contributed by atoms with E-state index in [4.69, 9.17) is 11.6 Å². The van der Waals surface area contributed by atoms with E-state index in [1.165, 1.54) is 17.8 Å². The molecule has 1 aliphatic rings. The molecule has 2 aromatic heterocycles. The minimum atomic E-state index is 0.541. The lowest BCUT2D eigenvalue weighted by Crippen LogP contribution is -2.34. The van der Waals surface area contributed by atoms with Crippen LogP contribution in [0.2, 0.25) is 5.15 Å². The molecule has 0 saturated carbocycles. The Hall–Kier alpha value is -1.13. The number of thiazole rings is 1. The van der Waals surface area contributed by atoms with Gasteiger partial charge in [-0.25, -0.2) is 9.97 Å². The smallest absolute Gasteiger partial charge is 0.131 e. The third-order valence-corrected chi connectivity index (χ3v) is 4.81. The first-order valence-electron chi connectivity index (χ1n) is 6.51. The summed E-state index contributed by atoms with van der Waals surface area (Å²) in [4.78, 5) is 11.1. The number of anilines is 1. The van der Waals surface area contributed by atoms with Crippen LogP contribution in [0, 0.1) is 6.92 Å². The number of hydrogen-bond acceptors (Lipinski definition) is 4. The van der Waals surface area contributed by atoms with Crippen LogP contribution >= 0.6 is 22.9 Å². The number of halogens is 1. The summed E-state index contributed by atoms with van der Waals surface area (Å²) in [6, 6.07) is 3.97. The first-order chi connectivity index (χ1) is 9.22. The van der Waals surface area contributed by atoms with Gasteiger partial charge in [-0.2, -0.15) is 0 Å². The minimum Gasteiger partial charge on any atom is -0.371 e. The zero-order chi connectivity index (χ0) is 13.2. The predicted molar refractivity (Wildman–Crippen MR) is 80.3 cm³/mol. The maximum atomic E-state index is 5.97. The van der Waals surface area contributed by atoms with Crippen LogP contribution in [0.3, 0.4) is 0 Å². The molecule has 100 valence electrons. The largest absolute Gasteiger partial charge is 0.371 e. The molecule has 5 heteroatoms. The van der Waals surface area contributed by atoms with Gasteiger partial charge in [-0.05, 0) is 31.9 Å². The Bertz CT molecular complexity index is 569. The highest BCUT2D eigenvalue weighted by Gasteiger charge is 2.23. The quantitative estimate of drug-likeness (QED) is 0.787. The van der Waals surface area contributed by atoms with Crippen LogP contribution in [0.4, 0.5) is 5.69 Å². The summed E-state index contributed by atoms with van der Waals surface area (Å²) in [5.41, 5.74) is 2.29. The molecule has 1 unspecified atom stereocenters. The van der Waals surface area contributed by atoms with Gasteiger partial charge in [0.1, 0.15) is 5.15 Å². The first kappa shape index (κ1) is 12.9. The van der Waals surface area contributed by atoms with Crippen molar-refractivity contribution in [1.29, 1.82) is 0 Å². The molecule has 1 atom stereocenters. The zero-order valence-corrected chi connectivity index (χ0v) is 12.4. The van der Waals surface area contributed by atoms with E-state index >= 15 is 0 Å². The van der Waals surface area contributed by atoms with Crippen LogP contribution in [0.5, 0.6) is 0 Å². The Labute approximate surface area is 122 Å². The molecule has 0 N–H and O–H groups in total. The number of aromatic nitrogens is 2. The van der Waals surface area contributed by atoms with Crippen molar-refractivity contribution in [2.24, 2.45) is 0 Å². The molecule has 3 heterocycles. The number of pyridine rings is 1. The predicted octanol–water partition coefficient (Wildman–Crippen LogP) is 3.88. The molecule has 0 bridgehead atoms. The normalized spacial score (nSPS) is 19.7. The summed E-state index contributed by atoms with van der Waals surface area (Å²) in [6.07, 6.45) is 4.19. The van der Waals surface area contributed by atoms with Crippen molar-refractivity contribution in [3.05, 3.63) is 39.6 Å². The molecule has 0 aliphatic carbocycles. The standard InChI is InChI=1S/C14H16ClN3S/c1-10-9-19-14(17-10)11-3-2-6-18(8-11)12-4-5-16-13(15)7-12/h4-5,7,9,11H,2-3,6,8H2,1H3. The lowest BCUT2D eigenvalue weighted by molar-refractivity contribution is 0.508. The van der Waals surface area contributed by atoms with Gasteiger partial charge in [-0.1, -0.05) is 11.6 Å². The molecule has 1 fully saturated rings. The Morgan fingerprint density at radius 3 is 3.11 bits per heavy atom. The average Bonchev–Trinajstić information content (AvgIpc) is 2.86. The van der Waals surface area contributed by atoms with Crippen molar-refractivity contribution < 1.29 is 0 Å². The summed E-state index contributed by atoms with van der Waals surface area (Å²) in [5, 5.41) is 3.96. The second kappa shape index (κ2) is 5.47. The lowest BCUT2D eigenvalue weighted by atomic mass is 9.98. The Morgan fingerprint density at radius 2 is 2.37 bits per heavy atom. The molecule has 19 heavy (non-hydrogen) atoms. The fourth-order valence-corrected chi connectivity index (χ4v) is 3.66. The topological polar surface area (TPSA) is 29.0 Å². The van der Waals surface area contributed by atoms with Gasteiger partial charge in [0.2, 0.25) is 0 Å². The van der Waals surface area contributed by atoms with Crippen molar-refractivity contribution >= 4 is 28.6 Å². The van der Waals surface area contributed by atoms with Gasteiger partial charge in [0, 0.05) is 42.0 Å². The summed E-state index contributed by atoms with van der Waals surface area (Å²) in [5.74, 6) is 0.541. The van der Waals surface area contributed by atoms with Gasteiger partial charge < -0.3 is 4.90 Å². The monoisotopic (exact) mass is 293 g/mol. The fourth-order valence-electron chi connectivity index (χ4n) is 2.56. The second-order valence-electron chi connectivity index (χ2n) is 4.95. The molecule has 3 rings (SSSR count). The summed E-state index contributed by atoms with van der Waals surface area (Å²) < 4.78 is 0. The van der Waals surface area contributed by atoms with Crippen molar-refractivity contribution in [3.63, 3.8) is 0 Å². The van der Waals surface area contributed by atoms with Gasteiger partial charge in [0.15, 0.2) is 0 Å². The van der Waals surface area contributed by atoms with E-state index in [0.717, 1.165) is 24.5 Å². The fraction of sp³-hybridized carbons (Fsp3) is 0.429. The maximum absolute atomic E-state index is 5.97. The Morgan fingerprint density at radius 1 is 1.47 bits per heavy atom. The van der Waals surface area contributed by atoms with Gasteiger partial charge >= 0.3 is 0 Å². The molecule has 0 radical (unpaired) electrons. The van der Waals surface area contributed by atoms with Crippen LogP contribution in [0.25, 0.3) is 0 Å². The van der Waals surface area contributed by atoms with Crippen LogP contribution in [-0.4, -0.2) is 23.1 Å².